The van der Waals surface area contributed by atoms with Gasteiger partial charge in [-0.1, -0.05) is 17.7 Å². The van der Waals surface area contributed by atoms with Gasteiger partial charge in [0.1, 0.15) is 0 Å². The Kier molecular flexibility index (Phi) is 4.84. The Bertz CT molecular complexity index is 473. The molecule has 1 aliphatic rings. The molecule has 102 valence electrons. The second-order valence-corrected chi connectivity index (χ2v) is 4.77. The third-order valence-corrected chi connectivity index (χ3v) is 2.97. The summed E-state index contributed by atoms with van der Waals surface area (Å²) < 4.78 is 5.23. The molecule has 5 nitrogen and oxygen atoms in total. The van der Waals surface area contributed by atoms with E-state index in [1.54, 1.807) is 6.07 Å². The van der Waals surface area contributed by atoms with Crippen LogP contribution in [0.2, 0.25) is 0 Å². The molecule has 1 aromatic rings. The molecule has 0 saturated carbocycles. The molecule has 0 aliphatic carbocycles. The minimum absolute atomic E-state index is 0.200. The van der Waals surface area contributed by atoms with Crippen molar-refractivity contribution in [2.45, 2.75) is 6.92 Å². The summed E-state index contributed by atoms with van der Waals surface area (Å²) in [6.07, 6.45) is 0. The highest BCUT2D eigenvalue weighted by atomic mass is 32.1. The van der Waals surface area contributed by atoms with Crippen LogP contribution in [-0.2, 0) is 4.74 Å². The number of hydrazine groups is 1. The van der Waals surface area contributed by atoms with Crippen molar-refractivity contribution in [1.82, 2.24) is 15.8 Å². The highest BCUT2D eigenvalue weighted by molar-refractivity contribution is 7.80. The molecule has 6 heteroatoms. The third kappa shape index (κ3) is 4.27. The predicted octanol–water partition coefficient (Wildman–Crippen LogP) is 0.847. The molecule has 1 aromatic carbocycles. The molecule has 1 heterocycles. The van der Waals surface area contributed by atoms with Gasteiger partial charge in [0.2, 0.25) is 0 Å². The first-order valence-corrected chi connectivity index (χ1v) is 6.57. The summed E-state index contributed by atoms with van der Waals surface area (Å²) in [5.41, 5.74) is 4.63. The lowest BCUT2D eigenvalue weighted by molar-refractivity contribution is 0.0247. The van der Waals surface area contributed by atoms with Crippen molar-refractivity contribution in [2.75, 3.05) is 26.3 Å². The van der Waals surface area contributed by atoms with Crippen LogP contribution < -0.4 is 10.7 Å². The lowest BCUT2D eigenvalue weighted by Crippen LogP contribution is -2.52. The van der Waals surface area contributed by atoms with Crippen LogP contribution in [0.4, 0.5) is 0 Å². The van der Waals surface area contributed by atoms with E-state index in [4.69, 9.17) is 17.0 Å². The molecule has 1 fully saturated rings. The Morgan fingerprint density at radius 2 is 2.11 bits per heavy atom. The molecule has 0 aromatic heterocycles. The Morgan fingerprint density at radius 3 is 2.79 bits per heavy atom. The lowest BCUT2D eigenvalue weighted by Gasteiger charge is -2.27. The Hall–Kier alpha value is -1.50. The van der Waals surface area contributed by atoms with Crippen molar-refractivity contribution in [2.24, 2.45) is 0 Å². The largest absolute Gasteiger partial charge is 0.379 e. The molecule has 1 saturated heterocycles. The quantitative estimate of drug-likeness (QED) is 0.786. The first kappa shape index (κ1) is 13.9. The van der Waals surface area contributed by atoms with Crippen LogP contribution in [0.3, 0.4) is 0 Å². The van der Waals surface area contributed by atoms with E-state index in [2.05, 4.69) is 10.7 Å². The van der Waals surface area contributed by atoms with Gasteiger partial charge in [-0.05, 0) is 31.3 Å². The first-order chi connectivity index (χ1) is 9.15. The SMILES string of the molecule is Cc1cccc(C(=O)NC(=S)NN2CCOCC2)c1. The van der Waals surface area contributed by atoms with E-state index in [0.717, 1.165) is 18.7 Å². The van der Waals surface area contributed by atoms with E-state index >= 15 is 0 Å². The number of ether oxygens (including phenoxy) is 1. The number of nitrogens with zero attached hydrogens (tertiary/aromatic N) is 1. The number of carbonyl (C=O) groups excluding carboxylic acids is 1. The fourth-order valence-electron chi connectivity index (χ4n) is 1.81. The summed E-state index contributed by atoms with van der Waals surface area (Å²) in [4.78, 5) is 12.0. The summed E-state index contributed by atoms with van der Waals surface area (Å²) in [7, 11) is 0. The van der Waals surface area contributed by atoms with E-state index in [-0.39, 0.29) is 5.91 Å². The molecule has 0 unspecified atom stereocenters. The Morgan fingerprint density at radius 1 is 1.37 bits per heavy atom. The van der Waals surface area contributed by atoms with Crippen LogP contribution in [-0.4, -0.2) is 42.3 Å². The summed E-state index contributed by atoms with van der Waals surface area (Å²) in [5, 5.41) is 4.92. The number of aryl methyl sites for hydroxylation is 1. The average molecular weight is 279 g/mol. The lowest BCUT2D eigenvalue weighted by atomic mass is 10.1. The Labute approximate surface area is 117 Å². The minimum atomic E-state index is -0.200. The number of nitrogens with one attached hydrogen (secondary N) is 2. The fraction of sp³-hybridized carbons (Fsp3) is 0.385. The second-order valence-electron chi connectivity index (χ2n) is 4.36. The monoisotopic (exact) mass is 279 g/mol. The van der Waals surface area contributed by atoms with Gasteiger partial charge in [0.05, 0.1) is 13.2 Å². The molecule has 0 radical (unpaired) electrons. The van der Waals surface area contributed by atoms with E-state index < -0.39 is 0 Å². The van der Waals surface area contributed by atoms with Gasteiger partial charge in [0.25, 0.3) is 5.91 Å². The van der Waals surface area contributed by atoms with E-state index in [1.165, 1.54) is 0 Å². The van der Waals surface area contributed by atoms with Crippen molar-refractivity contribution in [3.63, 3.8) is 0 Å². The average Bonchev–Trinajstić information content (AvgIpc) is 2.39. The maximum Gasteiger partial charge on any atom is 0.257 e. The van der Waals surface area contributed by atoms with Crippen molar-refractivity contribution in [3.05, 3.63) is 35.4 Å². The van der Waals surface area contributed by atoms with Crippen molar-refractivity contribution < 1.29 is 9.53 Å². The molecule has 2 N–H and O–H groups in total. The van der Waals surface area contributed by atoms with Crippen molar-refractivity contribution >= 4 is 23.2 Å². The standard InChI is InChI=1S/C13H17N3O2S/c1-10-3-2-4-11(9-10)12(17)14-13(19)15-16-5-7-18-8-6-16/h2-4,9H,5-8H2,1H3,(H2,14,15,17,19). The fourth-order valence-corrected chi connectivity index (χ4v) is 2.03. The number of carbonyl (C=O) groups is 1. The van der Waals surface area contributed by atoms with E-state index in [1.807, 2.05) is 30.1 Å². The van der Waals surface area contributed by atoms with Crippen molar-refractivity contribution in [1.29, 1.82) is 0 Å². The van der Waals surface area contributed by atoms with Crippen LogP contribution >= 0.6 is 12.2 Å². The molecule has 0 bridgehead atoms. The predicted molar refractivity (Wildman–Crippen MR) is 76.8 cm³/mol. The number of amides is 1. The topological polar surface area (TPSA) is 53.6 Å². The highest BCUT2D eigenvalue weighted by Crippen LogP contribution is 2.03. The summed E-state index contributed by atoms with van der Waals surface area (Å²) in [6.45, 7) is 4.78. The van der Waals surface area contributed by atoms with Crippen LogP contribution in [0, 0.1) is 6.92 Å². The molecular formula is C13H17N3O2S. The zero-order chi connectivity index (χ0) is 13.7. The second kappa shape index (κ2) is 6.60. The Balaban J connectivity index is 1.86. The normalized spacial score (nSPS) is 15.8. The molecule has 19 heavy (non-hydrogen) atoms. The van der Waals surface area contributed by atoms with Crippen LogP contribution in [0.15, 0.2) is 24.3 Å². The summed E-state index contributed by atoms with van der Waals surface area (Å²) in [5.74, 6) is -0.200. The van der Waals surface area contributed by atoms with E-state index in [9.17, 15) is 4.79 Å². The molecular weight excluding hydrogens is 262 g/mol. The number of morpholine rings is 1. The van der Waals surface area contributed by atoms with Crippen LogP contribution in [0.5, 0.6) is 0 Å². The zero-order valence-corrected chi connectivity index (χ0v) is 11.6. The summed E-state index contributed by atoms with van der Waals surface area (Å²) in [6, 6.07) is 7.39. The molecule has 0 atom stereocenters. The van der Waals surface area contributed by atoms with Gasteiger partial charge in [0, 0.05) is 18.7 Å². The smallest absolute Gasteiger partial charge is 0.257 e. The highest BCUT2D eigenvalue weighted by Gasteiger charge is 2.13. The number of benzene rings is 1. The van der Waals surface area contributed by atoms with Gasteiger partial charge in [-0.15, -0.1) is 0 Å². The molecule has 1 amide bonds. The van der Waals surface area contributed by atoms with Gasteiger partial charge in [-0.3, -0.25) is 15.5 Å². The van der Waals surface area contributed by atoms with Gasteiger partial charge in [0.15, 0.2) is 5.11 Å². The van der Waals surface area contributed by atoms with Crippen molar-refractivity contribution in [3.8, 4) is 0 Å². The van der Waals surface area contributed by atoms with Gasteiger partial charge >= 0.3 is 0 Å². The number of thiocarbonyl (C=S) groups is 1. The van der Waals surface area contributed by atoms with Gasteiger partial charge in [-0.25, -0.2) is 5.01 Å². The number of hydrogen-bond donors (Lipinski definition) is 2. The molecule has 1 aliphatic heterocycles. The van der Waals surface area contributed by atoms with Gasteiger partial charge < -0.3 is 4.74 Å². The maximum atomic E-state index is 12.0. The molecule has 2 rings (SSSR count). The van der Waals surface area contributed by atoms with Crippen LogP contribution in [0.25, 0.3) is 0 Å². The maximum absolute atomic E-state index is 12.0. The van der Waals surface area contributed by atoms with Gasteiger partial charge in [-0.2, -0.15) is 0 Å². The minimum Gasteiger partial charge on any atom is -0.379 e. The zero-order valence-electron chi connectivity index (χ0n) is 10.8. The number of rotatable bonds is 2. The van der Waals surface area contributed by atoms with Crippen LogP contribution in [0.1, 0.15) is 15.9 Å². The van der Waals surface area contributed by atoms with E-state index in [0.29, 0.717) is 23.9 Å². The molecule has 0 spiro atoms. The summed E-state index contributed by atoms with van der Waals surface area (Å²) >= 11 is 5.12. The third-order valence-electron chi connectivity index (χ3n) is 2.78. The first-order valence-electron chi connectivity index (χ1n) is 6.16. The number of hydrogen-bond acceptors (Lipinski definition) is 4.